The predicted molar refractivity (Wildman–Crippen MR) is 224 cm³/mol. The van der Waals surface area contributed by atoms with E-state index in [-0.39, 0.29) is 0 Å². The summed E-state index contributed by atoms with van der Waals surface area (Å²) in [5.74, 6) is 0. The minimum Gasteiger partial charge on any atom is -0.309 e. The molecule has 0 spiro atoms. The van der Waals surface area contributed by atoms with Crippen LogP contribution in [0.25, 0.3) is 104 Å². The van der Waals surface area contributed by atoms with Crippen LogP contribution >= 0.6 is 0 Å². The van der Waals surface area contributed by atoms with Crippen LogP contribution in [0.4, 0.5) is 0 Å². The van der Waals surface area contributed by atoms with Gasteiger partial charge in [-0.05, 0) is 76.8 Å². The summed E-state index contributed by atoms with van der Waals surface area (Å²) >= 11 is 0. The van der Waals surface area contributed by atoms with Crippen molar-refractivity contribution < 1.29 is 0 Å². The molecule has 0 aliphatic heterocycles. The topological polar surface area (TPSA) is 14.8 Å². The summed E-state index contributed by atoms with van der Waals surface area (Å²) in [6, 6.07) is 68.9. The number of para-hydroxylation sites is 5. The molecule has 0 N–H and O–H groups in total. The van der Waals surface area contributed by atoms with Gasteiger partial charge in [-0.25, -0.2) is 0 Å². The van der Waals surface area contributed by atoms with Crippen molar-refractivity contribution in [1.29, 1.82) is 0 Å². The molecule has 0 fully saturated rings. The van der Waals surface area contributed by atoms with Crippen molar-refractivity contribution in [3.63, 3.8) is 0 Å². The lowest BCUT2D eigenvalue weighted by molar-refractivity contribution is 1.14. The Bertz CT molecular complexity index is 3400. The van der Waals surface area contributed by atoms with E-state index < -0.39 is 0 Å². The van der Waals surface area contributed by atoms with E-state index in [4.69, 9.17) is 0 Å². The summed E-state index contributed by atoms with van der Waals surface area (Å²) in [6.07, 6.45) is 0. The molecule has 0 bridgehead atoms. The summed E-state index contributed by atoms with van der Waals surface area (Å²) in [6.45, 7) is 0. The van der Waals surface area contributed by atoms with E-state index in [0.717, 1.165) is 11.4 Å². The van der Waals surface area contributed by atoms with E-state index in [1.54, 1.807) is 0 Å². The van der Waals surface area contributed by atoms with Gasteiger partial charge >= 0.3 is 0 Å². The Balaban J connectivity index is 1.19. The molecular formula is C50H31N3. The van der Waals surface area contributed by atoms with Gasteiger partial charge in [-0.3, -0.25) is 0 Å². The van der Waals surface area contributed by atoms with Crippen LogP contribution in [0.15, 0.2) is 188 Å². The normalized spacial score (nSPS) is 12.2. The van der Waals surface area contributed by atoms with E-state index in [2.05, 4.69) is 202 Å². The van der Waals surface area contributed by atoms with Gasteiger partial charge in [-0.2, -0.15) is 0 Å². The zero-order valence-corrected chi connectivity index (χ0v) is 28.7. The molecule has 0 saturated heterocycles. The van der Waals surface area contributed by atoms with E-state index in [1.165, 1.54) is 92.6 Å². The lowest BCUT2D eigenvalue weighted by Crippen LogP contribution is -1.99. The lowest BCUT2D eigenvalue weighted by atomic mass is 9.96. The first-order valence-corrected chi connectivity index (χ1v) is 18.3. The first kappa shape index (κ1) is 28.6. The Labute approximate surface area is 304 Å². The van der Waals surface area contributed by atoms with Gasteiger partial charge in [0.2, 0.25) is 0 Å². The molecule has 53 heavy (non-hydrogen) atoms. The minimum atomic E-state index is 1.14. The second-order valence-corrected chi connectivity index (χ2v) is 14.1. The molecule has 0 radical (unpaired) electrons. The molecule has 0 saturated carbocycles. The van der Waals surface area contributed by atoms with E-state index >= 15 is 0 Å². The second kappa shape index (κ2) is 10.7. The summed E-state index contributed by atoms with van der Waals surface area (Å²) in [4.78, 5) is 0. The molecule has 9 aromatic carbocycles. The molecule has 12 aromatic rings. The number of nitrogens with zero attached hydrogens (tertiary/aromatic N) is 3. The van der Waals surface area contributed by atoms with E-state index in [0.29, 0.717) is 0 Å². The van der Waals surface area contributed by atoms with Crippen molar-refractivity contribution in [2.75, 3.05) is 0 Å². The fourth-order valence-electron chi connectivity index (χ4n) is 9.24. The number of aromatic nitrogens is 3. The third-order valence-corrected chi connectivity index (χ3v) is 11.4. The fraction of sp³-hybridized carbons (Fsp3) is 0. The van der Waals surface area contributed by atoms with Crippen LogP contribution in [-0.2, 0) is 0 Å². The zero-order valence-electron chi connectivity index (χ0n) is 28.7. The maximum Gasteiger partial charge on any atom is 0.0619 e. The van der Waals surface area contributed by atoms with Crippen LogP contribution in [0.3, 0.4) is 0 Å². The van der Waals surface area contributed by atoms with Crippen LogP contribution in [0.5, 0.6) is 0 Å². The van der Waals surface area contributed by atoms with Gasteiger partial charge in [0, 0.05) is 54.8 Å². The molecule has 246 valence electrons. The van der Waals surface area contributed by atoms with E-state index in [9.17, 15) is 0 Å². The SMILES string of the molecule is c1ccc(-n2c3ccccc3c3c4c(ccc5c4ccc4c6ccccc6n(-c6cccc(-n7c8ccccc8c8ccccc87)c6)c54)ccc32)cc1. The van der Waals surface area contributed by atoms with Gasteiger partial charge in [0.25, 0.3) is 0 Å². The quantitative estimate of drug-likeness (QED) is 0.166. The van der Waals surface area contributed by atoms with Crippen molar-refractivity contribution >= 4 is 87.0 Å². The smallest absolute Gasteiger partial charge is 0.0619 e. The molecule has 0 aliphatic carbocycles. The van der Waals surface area contributed by atoms with Gasteiger partial charge in [0.1, 0.15) is 0 Å². The highest BCUT2D eigenvalue weighted by Crippen LogP contribution is 2.44. The van der Waals surface area contributed by atoms with Crippen molar-refractivity contribution in [1.82, 2.24) is 13.7 Å². The molecular weight excluding hydrogens is 643 g/mol. The van der Waals surface area contributed by atoms with Crippen LogP contribution in [0.2, 0.25) is 0 Å². The zero-order chi connectivity index (χ0) is 34.6. The van der Waals surface area contributed by atoms with Crippen molar-refractivity contribution in [3.05, 3.63) is 188 Å². The molecule has 12 rings (SSSR count). The third kappa shape index (κ3) is 3.88. The van der Waals surface area contributed by atoms with Crippen molar-refractivity contribution in [2.45, 2.75) is 0 Å². The van der Waals surface area contributed by atoms with Gasteiger partial charge in [-0.1, -0.05) is 127 Å². The molecule has 0 aliphatic rings. The molecule has 3 heteroatoms. The maximum absolute atomic E-state index is 2.49. The average Bonchev–Trinajstić information content (AvgIpc) is 3.87. The number of benzene rings is 9. The van der Waals surface area contributed by atoms with Crippen molar-refractivity contribution in [2.24, 2.45) is 0 Å². The first-order valence-electron chi connectivity index (χ1n) is 18.3. The molecule has 3 aromatic heterocycles. The summed E-state index contributed by atoms with van der Waals surface area (Å²) in [7, 11) is 0. The average molecular weight is 674 g/mol. The standard InChI is InChI=1S/C50H31N3/c1-2-13-33(14-3-1)51-46-24-11-7-20-42(46)49-47(51)30-26-32-25-27-41-39(48(32)49)28-29-40-38-19-6-10-23-45(38)53(50(40)41)35-16-12-15-34(31-35)52-43-21-8-4-17-36(43)37-18-5-9-22-44(37)52/h1-31H. The van der Waals surface area contributed by atoms with E-state index in [1.807, 2.05) is 0 Å². The highest BCUT2D eigenvalue weighted by atomic mass is 15.0. The monoisotopic (exact) mass is 673 g/mol. The lowest BCUT2D eigenvalue weighted by Gasteiger charge is -2.14. The van der Waals surface area contributed by atoms with Gasteiger partial charge in [0.05, 0.1) is 33.1 Å². The molecule has 3 heterocycles. The largest absolute Gasteiger partial charge is 0.309 e. The second-order valence-electron chi connectivity index (χ2n) is 14.1. The van der Waals surface area contributed by atoms with Gasteiger partial charge < -0.3 is 13.7 Å². The van der Waals surface area contributed by atoms with Crippen LogP contribution in [0, 0.1) is 0 Å². The first-order chi connectivity index (χ1) is 26.3. The number of hydrogen-bond donors (Lipinski definition) is 0. The van der Waals surface area contributed by atoms with Gasteiger partial charge in [0.15, 0.2) is 0 Å². The van der Waals surface area contributed by atoms with Gasteiger partial charge in [-0.15, -0.1) is 0 Å². The Morgan fingerprint density at radius 3 is 1.40 bits per heavy atom. The molecule has 0 atom stereocenters. The fourth-order valence-corrected chi connectivity index (χ4v) is 9.24. The maximum atomic E-state index is 2.49. The molecule has 0 unspecified atom stereocenters. The Morgan fingerprint density at radius 2 is 0.698 bits per heavy atom. The Morgan fingerprint density at radius 1 is 0.245 bits per heavy atom. The summed E-state index contributed by atoms with van der Waals surface area (Å²) < 4.78 is 7.31. The summed E-state index contributed by atoms with van der Waals surface area (Å²) in [5, 5.41) is 12.7. The predicted octanol–water partition coefficient (Wildman–Crippen LogP) is 13.3. The Kier molecular flexibility index (Phi) is 5.77. The minimum absolute atomic E-state index is 1.14. The summed E-state index contributed by atoms with van der Waals surface area (Å²) in [5.41, 5.74) is 10.7. The number of fused-ring (bicyclic) bond motifs is 14. The third-order valence-electron chi connectivity index (χ3n) is 11.4. The highest BCUT2D eigenvalue weighted by molar-refractivity contribution is 6.31. The highest BCUT2D eigenvalue weighted by Gasteiger charge is 2.20. The Hall–Kier alpha value is -7.10. The van der Waals surface area contributed by atoms with Crippen LogP contribution < -0.4 is 0 Å². The molecule has 3 nitrogen and oxygen atoms in total. The number of hydrogen-bond acceptors (Lipinski definition) is 0. The van der Waals surface area contributed by atoms with Crippen molar-refractivity contribution in [3.8, 4) is 17.1 Å². The van der Waals surface area contributed by atoms with Crippen LogP contribution in [0.1, 0.15) is 0 Å². The number of rotatable bonds is 3. The van der Waals surface area contributed by atoms with Crippen LogP contribution in [-0.4, -0.2) is 13.7 Å². The molecule has 0 amide bonds.